The first-order valence-electron chi connectivity index (χ1n) is 6.93. The largest absolute Gasteiger partial charge is 0.456 e. The van der Waals surface area contributed by atoms with E-state index in [2.05, 4.69) is 0 Å². The van der Waals surface area contributed by atoms with Crippen molar-refractivity contribution in [3.8, 4) is 11.3 Å². The molecule has 0 unspecified atom stereocenters. The third-order valence-electron chi connectivity index (χ3n) is 3.72. The van der Waals surface area contributed by atoms with Gasteiger partial charge in [0.2, 0.25) is 0 Å². The van der Waals surface area contributed by atoms with Crippen molar-refractivity contribution in [1.82, 2.24) is 0 Å². The molecule has 22 heavy (non-hydrogen) atoms. The van der Waals surface area contributed by atoms with Gasteiger partial charge in [-0.25, -0.2) is 4.39 Å². The van der Waals surface area contributed by atoms with Crippen molar-refractivity contribution < 1.29 is 8.81 Å². The molecule has 2 nitrogen and oxygen atoms in total. The maximum absolute atomic E-state index is 13.0. The highest BCUT2D eigenvalue weighted by molar-refractivity contribution is 5.95. The second-order valence-electron chi connectivity index (χ2n) is 5.18. The second kappa shape index (κ2) is 4.81. The molecular formula is C19H11FO2. The van der Waals surface area contributed by atoms with Crippen LogP contribution in [0.15, 0.2) is 75.9 Å². The van der Waals surface area contributed by atoms with E-state index >= 15 is 0 Å². The molecule has 3 aromatic carbocycles. The number of halogens is 1. The van der Waals surface area contributed by atoms with Crippen LogP contribution in [0.3, 0.4) is 0 Å². The molecule has 1 heterocycles. The zero-order valence-electron chi connectivity index (χ0n) is 11.5. The minimum atomic E-state index is -0.321. The molecule has 0 amide bonds. The van der Waals surface area contributed by atoms with Gasteiger partial charge in [-0.05, 0) is 47.2 Å². The molecule has 0 saturated carbocycles. The van der Waals surface area contributed by atoms with E-state index in [1.807, 2.05) is 36.4 Å². The Morgan fingerprint density at radius 2 is 1.50 bits per heavy atom. The first kappa shape index (κ1) is 12.8. The summed E-state index contributed by atoms with van der Waals surface area (Å²) in [6.45, 7) is 0. The van der Waals surface area contributed by atoms with Gasteiger partial charge in [0.05, 0.1) is 5.39 Å². The number of hydrogen-bond acceptors (Lipinski definition) is 2. The number of rotatable bonds is 1. The summed E-state index contributed by atoms with van der Waals surface area (Å²) >= 11 is 0. The van der Waals surface area contributed by atoms with Gasteiger partial charge in [0, 0.05) is 11.6 Å². The predicted molar refractivity (Wildman–Crippen MR) is 85.4 cm³/mol. The minimum Gasteiger partial charge on any atom is -0.456 e. The van der Waals surface area contributed by atoms with E-state index in [0.717, 1.165) is 10.8 Å². The van der Waals surface area contributed by atoms with Crippen molar-refractivity contribution in [3.05, 3.63) is 82.8 Å². The summed E-state index contributed by atoms with van der Waals surface area (Å²) in [6, 6.07) is 18.8. The summed E-state index contributed by atoms with van der Waals surface area (Å²) in [5.74, 6) is 0.116. The van der Waals surface area contributed by atoms with Gasteiger partial charge in [0.1, 0.15) is 17.2 Å². The summed E-state index contributed by atoms with van der Waals surface area (Å²) in [5.41, 5.74) is 1.10. The van der Waals surface area contributed by atoms with E-state index in [9.17, 15) is 9.18 Å². The van der Waals surface area contributed by atoms with Crippen LogP contribution in [-0.4, -0.2) is 0 Å². The van der Waals surface area contributed by atoms with Gasteiger partial charge >= 0.3 is 0 Å². The third-order valence-corrected chi connectivity index (χ3v) is 3.72. The predicted octanol–water partition coefficient (Wildman–Crippen LogP) is 4.75. The van der Waals surface area contributed by atoms with Gasteiger partial charge in [0.25, 0.3) is 0 Å². The fourth-order valence-electron chi connectivity index (χ4n) is 2.60. The smallest absolute Gasteiger partial charge is 0.193 e. The average molecular weight is 290 g/mol. The number of fused-ring (bicyclic) bond motifs is 2. The third kappa shape index (κ3) is 2.07. The van der Waals surface area contributed by atoms with Gasteiger partial charge in [-0.15, -0.1) is 0 Å². The fraction of sp³-hybridized carbons (Fsp3) is 0. The summed E-state index contributed by atoms with van der Waals surface area (Å²) < 4.78 is 18.9. The number of hydrogen-bond donors (Lipinski definition) is 0. The zero-order chi connectivity index (χ0) is 15.1. The highest BCUT2D eigenvalue weighted by atomic mass is 19.1. The molecule has 106 valence electrons. The molecule has 0 aliphatic rings. The molecule has 0 N–H and O–H groups in total. The van der Waals surface area contributed by atoms with Crippen molar-refractivity contribution in [2.45, 2.75) is 0 Å². The molecule has 4 aromatic rings. The van der Waals surface area contributed by atoms with Crippen LogP contribution in [0.5, 0.6) is 0 Å². The quantitative estimate of drug-likeness (QED) is 0.473. The Morgan fingerprint density at radius 1 is 0.818 bits per heavy atom. The molecule has 0 radical (unpaired) electrons. The van der Waals surface area contributed by atoms with Crippen LogP contribution in [0.2, 0.25) is 0 Å². The van der Waals surface area contributed by atoms with Gasteiger partial charge in [-0.2, -0.15) is 0 Å². The van der Waals surface area contributed by atoms with Crippen LogP contribution in [-0.2, 0) is 0 Å². The summed E-state index contributed by atoms with van der Waals surface area (Å²) in [6.07, 6.45) is 0. The summed E-state index contributed by atoms with van der Waals surface area (Å²) in [7, 11) is 0. The highest BCUT2D eigenvalue weighted by Crippen LogP contribution is 2.25. The van der Waals surface area contributed by atoms with Gasteiger partial charge in [-0.3, -0.25) is 4.79 Å². The SMILES string of the molecule is O=c1cc(-c2ccc(F)cc2)oc2cc3ccccc3cc12. The molecule has 0 saturated heterocycles. The first-order chi connectivity index (χ1) is 10.7. The van der Waals surface area contributed by atoms with E-state index in [1.54, 1.807) is 12.1 Å². The molecule has 0 fully saturated rings. The molecule has 0 bridgehead atoms. The lowest BCUT2D eigenvalue weighted by Gasteiger charge is -2.05. The molecule has 1 aromatic heterocycles. The lowest BCUT2D eigenvalue weighted by molar-refractivity contribution is 0.616. The van der Waals surface area contributed by atoms with E-state index in [4.69, 9.17) is 4.42 Å². The Hall–Kier alpha value is -2.94. The maximum atomic E-state index is 13.0. The number of benzene rings is 3. The standard InChI is InChI=1S/C19H11FO2/c20-15-7-5-12(6-8-15)18-11-17(21)16-9-13-3-1-2-4-14(13)10-19(16)22-18/h1-11H. The summed E-state index contributed by atoms with van der Waals surface area (Å²) in [4.78, 5) is 12.3. The van der Waals surface area contributed by atoms with E-state index in [1.165, 1.54) is 18.2 Å². The summed E-state index contributed by atoms with van der Waals surface area (Å²) in [5, 5.41) is 2.55. The van der Waals surface area contributed by atoms with E-state index in [-0.39, 0.29) is 11.2 Å². The first-order valence-corrected chi connectivity index (χ1v) is 6.93. The van der Waals surface area contributed by atoms with Crippen LogP contribution in [0.1, 0.15) is 0 Å². The van der Waals surface area contributed by atoms with Gasteiger partial charge < -0.3 is 4.42 Å². The molecule has 0 atom stereocenters. The Balaban J connectivity index is 2.00. The van der Waals surface area contributed by atoms with E-state index < -0.39 is 0 Å². The maximum Gasteiger partial charge on any atom is 0.193 e. The van der Waals surface area contributed by atoms with Crippen molar-refractivity contribution >= 4 is 21.7 Å². The van der Waals surface area contributed by atoms with Crippen molar-refractivity contribution in [2.24, 2.45) is 0 Å². The minimum absolute atomic E-state index is 0.105. The van der Waals surface area contributed by atoms with Crippen molar-refractivity contribution in [1.29, 1.82) is 0 Å². The van der Waals surface area contributed by atoms with Crippen LogP contribution >= 0.6 is 0 Å². The fourth-order valence-corrected chi connectivity index (χ4v) is 2.60. The average Bonchev–Trinajstić information content (AvgIpc) is 2.54. The molecule has 0 aliphatic carbocycles. The lowest BCUT2D eigenvalue weighted by Crippen LogP contribution is -2.00. The Labute approximate surface area is 125 Å². The van der Waals surface area contributed by atoms with Crippen LogP contribution in [0, 0.1) is 5.82 Å². The zero-order valence-corrected chi connectivity index (χ0v) is 11.5. The van der Waals surface area contributed by atoms with Gasteiger partial charge in [-0.1, -0.05) is 24.3 Å². The van der Waals surface area contributed by atoms with Crippen LogP contribution in [0.25, 0.3) is 33.1 Å². The van der Waals surface area contributed by atoms with Crippen molar-refractivity contribution in [3.63, 3.8) is 0 Å². The topological polar surface area (TPSA) is 30.2 Å². The van der Waals surface area contributed by atoms with Crippen LogP contribution < -0.4 is 5.43 Å². The molecule has 4 rings (SSSR count). The van der Waals surface area contributed by atoms with Crippen LogP contribution in [0.4, 0.5) is 4.39 Å². The molecule has 0 spiro atoms. The normalized spacial score (nSPS) is 11.1. The highest BCUT2D eigenvalue weighted by Gasteiger charge is 2.08. The Morgan fingerprint density at radius 3 is 2.23 bits per heavy atom. The second-order valence-corrected chi connectivity index (χ2v) is 5.18. The van der Waals surface area contributed by atoms with E-state index in [0.29, 0.717) is 22.3 Å². The Bertz CT molecular complexity index is 1050. The molecular weight excluding hydrogens is 279 g/mol. The molecule has 3 heteroatoms. The van der Waals surface area contributed by atoms with Crippen molar-refractivity contribution in [2.75, 3.05) is 0 Å². The van der Waals surface area contributed by atoms with Gasteiger partial charge in [0.15, 0.2) is 5.43 Å². The Kier molecular flexibility index (Phi) is 2.79. The molecule has 0 aliphatic heterocycles. The monoisotopic (exact) mass is 290 g/mol. The lowest BCUT2D eigenvalue weighted by atomic mass is 10.1.